The normalized spacial score (nSPS) is 26.2. The number of benzene rings is 1. The van der Waals surface area contributed by atoms with Crippen molar-refractivity contribution in [3.05, 3.63) is 47.5 Å². The fraction of sp³-hybridized carbons (Fsp3) is 0.421. The molecule has 1 aliphatic heterocycles. The molecule has 5 atom stereocenters. The van der Waals surface area contributed by atoms with E-state index >= 15 is 0 Å². The van der Waals surface area contributed by atoms with Crippen molar-refractivity contribution in [3.63, 3.8) is 0 Å². The van der Waals surface area contributed by atoms with Gasteiger partial charge in [-0.2, -0.15) is 9.97 Å². The molecule has 1 aliphatic rings. The van der Waals surface area contributed by atoms with E-state index in [4.69, 9.17) is 30.6 Å². The molecule has 0 radical (unpaired) electrons. The van der Waals surface area contributed by atoms with Crippen LogP contribution in [0.5, 0.6) is 0 Å². The highest BCUT2D eigenvalue weighted by atomic mass is 35.5. The van der Waals surface area contributed by atoms with Crippen molar-refractivity contribution in [3.8, 4) is 0 Å². The molecule has 0 bridgehead atoms. The molecule has 1 aromatic carbocycles. The molecule has 1 fully saturated rings. The zero-order chi connectivity index (χ0) is 26.3. The second-order valence-corrected chi connectivity index (χ2v) is 12.8. The third kappa shape index (κ3) is 5.95. The van der Waals surface area contributed by atoms with Crippen LogP contribution in [-0.4, -0.2) is 74.7 Å². The van der Waals surface area contributed by atoms with Crippen molar-refractivity contribution in [1.82, 2.24) is 19.5 Å². The maximum atomic E-state index is 12.0. The first kappa shape index (κ1) is 27.1. The number of ether oxygens (including phenoxy) is 1. The summed E-state index contributed by atoms with van der Waals surface area (Å²) in [5, 5.41) is 24.6. The van der Waals surface area contributed by atoms with Gasteiger partial charge in [0.2, 0.25) is 5.28 Å². The Hall–Kier alpha value is -1.96. The van der Waals surface area contributed by atoms with Gasteiger partial charge in [0.15, 0.2) is 29.1 Å². The Morgan fingerprint density at radius 1 is 1.22 bits per heavy atom. The van der Waals surface area contributed by atoms with Crippen molar-refractivity contribution < 1.29 is 43.3 Å². The molecule has 196 valence electrons. The molecule has 0 spiro atoms. The number of nitrogens with zero attached hydrogens (tertiary/aromatic N) is 4. The van der Waals surface area contributed by atoms with Crippen LogP contribution in [0.3, 0.4) is 0 Å². The molecular weight excluding hydrogens is 540 g/mol. The molecule has 1 saturated heterocycles. The Kier molecular flexibility index (Phi) is 7.58. The molecule has 0 saturated carbocycles. The second kappa shape index (κ2) is 10.1. The lowest BCUT2D eigenvalue weighted by Gasteiger charge is -2.26. The Morgan fingerprint density at radius 3 is 2.58 bits per heavy atom. The van der Waals surface area contributed by atoms with Gasteiger partial charge in [-0.15, -0.1) is 0 Å². The van der Waals surface area contributed by atoms with Gasteiger partial charge in [0.1, 0.15) is 17.8 Å². The van der Waals surface area contributed by atoms with Crippen LogP contribution in [0.25, 0.3) is 11.2 Å². The predicted molar refractivity (Wildman–Crippen MR) is 127 cm³/mol. The van der Waals surface area contributed by atoms with E-state index in [1.807, 2.05) is 30.3 Å². The number of aliphatic hydroxyl groups excluding tert-OH is 1. The van der Waals surface area contributed by atoms with Crippen LogP contribution in [0.2, 0.25) is 5.28 Å². The number of hydrogen-bond donors (Lipinski definition) is 6. The molecule has 3 heterocycles. The summed E-state index contributed by atoms with van der Waals surface area (Å²) in [5.74, 6) is -1.08. The maximum Gasteiger partial charge on any atom is 0.340 e. The van der Waals surface area contributed by atoms with E-state index in [2.05, 4.69) is 20.3 Å². The van der Waals surface area contributed by atoms with Gasteiger partial charge >= 0.3 is 15.2 Å². The van der Waals surface area contributed by atoms with Gasteiger partial charge in [-0.3, -0.25) is 13.7 Å². The van der Waals surface area contributed by atoms with E-state index in [-0.39, 0.29) is 10.9 Å². The molecule has 2 aromatic heterocycles. The van der Waals surface area contributed by atoms with E-state index in [1.54, 1.807) is 0 Å². The third-order valence-corrected chi connectivity index (χ3v) is 9.21. The number of fused-ring (bicyclic) bond motifs is 1. The van der Waals surface area contributed by atoms with Gasteiger partial charge in [0.25, 0.3) is 0 Å². The van der Waals surface area contributed by atoms with Crippen LogP contribution in [-0.2, 0) is 24.9 Å². The lowest BCUT2D eigenvalue weighted by Crippen LogP contribution is -2.46. The molecular formula is C19H24ClN5O9P2. The third-order valence-electron chi connectivity index (χ3n) is 5.59. The summed E-state index contributed by atoms with van der Waals surface area (Å²) in [5.41, 5.74) is -0.504. The number of anilines is 1. The SMILES string of the molecule is C[C@@]1(O)[C@@H](COP(=O)(O)CP(=O)(O)O)O[C@@H](n2cnc3c(NCc4ccccc4)nc(Cl)nc32)[C@@H]1O. The topological polar surface area (TPSA) is 209 Å². The molecule has 3 aromatic rings. The molecule has 1 unspecified atom stereocenters. The highest BCUT2D eigenvalue weighted by Gasteiger charge is 2.54. The standard InChI is InChI=1S/C19H24ClN5O9P2/c1-19(27)12(8-33-36(31,32)10-35(28,29)30)34-17(14(19)26)25-9-22-13-15(23-18(20)24-16(13)25)21-7-11-5-3-2-4-6-11/h2-6,9,12,14,17,26-27H,7-8,10H2,1H3,(H,31,32)(H,21,23,24)(H2,28,29,30)/t12-,14+,17-,19-/m1/s1. The lowest BCUT2D eigenvalue weighted by atomic mass is 9.95. The summed E-state index contributed by atoms with van der Waals surface area (Å²) >= 11 is 6.12. The van der Waals surface area contributed by atoms with E-state index in [0.29, 0.717) is 17.9 Å². The zero-order valence-electron chi connectivity index (χ0n) is 18.7. The Labute approximate surface area is 209 Å². The van der Waals surface area contributed by atoms with Crippen LogP contribution in [0, 0.1) is 0 Å². The number of rotatable bonds is 9. The molecule has 14 nitrogen and oxygen atoms in total. The smallest absolute Gasteiger partial charge is 0.340 e. The van der Waals surface area contributed by atoms with Gasteiger partial charge in [-0.25, -0.2) is 4.98 Å². The molecule has 4 rings (SSSR count). The first-order chi connectivity index (χ1) is 16.8. The highest BCUT2D eigenvalue weighted by Crippen LogP contribution is 2.56. The zero-order valence-corrected chi connectivity index (χ0v) is 21.3. The molecule has 17 heteroatoms. The fourth-order valence-electron chi connectivity index (χ4n) is 3.72. The summed E-state index contributed by atoms with van der Waals surface area (Å²) in [6, 6.07) is 9.51. The van der Waals surface area contributed by atoms with E-state index in [1.165, 1.54) is 17.8 Å². The van der Waals surface area contributed by atoms with Crippen molar-refractivity contribution >= 4 is 43.8 Å². The average molecular weight is 564 g/mol. The number of imidazole rings is 1. The molecule has 0 aliphatic carbocycles. The monoisotopic (exact) mass is 563 g/mol. The average Bonchev–Trinajstić information content (AvgIpc) is 3.28. The lowest BCUT2D eigenvalue weighted by molar-refractivity contribution is -0.0773. The minimum absolute atomic E-state index is 0.113. The van der Waals surface area contributed by atoms with Gasteiger partial charge in [-0.1, -0.05) is 30.3 Å². The summed E-state index contributed by atoms with van der Waals surface area (Å²) in [6.45, 7) is 0.911. The number of halogens is 1. The first-order valence-corrected chi connectivity index (χ1v) is 14.5. The summed E-state index contributed by atoms with van der Waals surface area (Å²) in [7, 11) is -9.55. The van der Waals surface area contributed by atoms with Crippen molar-refractivity contribution in [2.45, 2.75) is 37.5 Å². The number of aliphatic hydroxyl groups is 2. The van der Waals surface area contributed by atoms with E-state index in [9.17, 15) is 24.2 Å². The van der Waals surface area contributed by atoms with Gasteiger partial charge < -0.3 is 39.5 Å². The van der Waals surface area contributed by atoms with Crippen molar-refractivity contribution in [2.75, 3.05) is 17.8 Å². The number of hydrogen-bond acceptors (Lipinski definition) is 10. The van der Waals surface area contributed by atoms with Crippen molar-refractivity contribution in [1.29, 1.82) is 0 Å². The van der Waals surface area contributed by atoms with E-state index < -0.39 is 51.7 Å². The Morgan fingerprint density at radius 2 is 1.92 bits per heavy atom. The quantitative estimate of drug-likeness (QED) is 0.161. The van der Waals surface area contributed by atoms with Crippen LogP contribution >= 0.6 is 26.8 Å². The second-order valence-electron chi connectivity index (χ2n) is 8.43. The summed E-state index contributed by atoms with van der Waals surface area (Å²) in [6.07, 6.45) is -2.87. The number of aromatic nitrogens is 4. The van der Waals surface area contributed by atoms with Gasteiger partial charge in [0.05, 0.1) is 12.9 Å². The van der Waals surface area contributed by atoms with Crippen LogP contribution in [0.4, 0.5) is 5.82 Å². The minimum atomic E-state index is -4.84. The Balaban J connectivity index is 1.56. The summed E-state index contributed by atoms with van der Waals surface area (Å²) < 4.78 is 34.9. The Bertz CT molecular complexity index is 1340. The highest BCUT2D eigenvalue weighted by molar-refractivity contribution is 7.70. The van der Waals surface area contributed by atoms with Crippen molar-refractivity contribution in [2.24, 2.45) is 0 Å². The molecule has 36 heavy (non-hydrogen) atoms. The molecule has 6 N–H and O–H groups in total. The molecule has 0 amide bonds. The summed E-state index contributed by atoms with van der Waals surface area (Å²) in [4.78, 5) is 40.2. The largest absolute Gasteiger partial charge is 0.385 e. The maximum absolute atomic E-state index is 12.0. The van der Waals surface area contributed by atoms with E-state index in [0.717, 1.165) is 5.56 Å². The van der Waals surface area contributed by atoms with Crippen LogP contribution < -0.4 is 5.32 Å². The van der Waals surface area contributed by atoms with Gasteiger partial charge in [-0.05, 0) is 24.1 Å². The van der Waals surface area contributed by atoms with Crippen LogP contribution in [0.15, 0.2) is 36.7 Å². The predicted octanol–water partition coefficient (Wildman–Crippen LogP) is 1.44. The first-order valence-electron chi connectivity index (χ1n) is 10.5. The van der Waals surface area contributed by atoms with Crippen LogP contribution in [0.1, 0.15) is 18.7 Å². The number of nitrogens with one attached hydrogen (secondary N) is 1. The minimum Gasteiger partial charge on any atom is -0.385 e. The fourth-order valence-corrected chi connectivity index (χ4v) is 6.45. The van der Waals surface area contributed by atoms with Gasteiger partial charge in [0, 0.05) is 6.54 Å².